The van der Waals surface area contributed by atoms with Gasteiger partial charge in [0.1, 0.15) is 17.4 Å². The summed E-state index contributed by atoms with van der Waals surface area (Å²) in [6.45, 7) is 0. The molecule has 0 radical (unpaired) electrons. The molecule has 0 saturated heterocycles. The van der Waals surface area contributed by atoms with Crippen LogP contribution in [0.25, 0.3) is 10.9 Å². The highest BCUT2D eigenvalue weighted by atomic mass is 35.5. The van der Waals surface area contributed by atoms with Crippen molar-refractivity contribution >= 4 is 22.5 Å². The Morgan fingerprint density at radius 3 is 2.75 bits per heavy atom. The molecule has 0 aliphatic heterocycles. The van der Waals surface area contributed by atoms with Gasteiger partial charge in [-0.15, -0.1) is 0 Å². The number of hydrogen-bond acceptors (Lipinski definition) is 3. The minimum absolute atomic E-state index is 0.392. The van der Waals surface area contributed by atoms with Gasteiger partial charge in [0.25, 0.3) is 0 Å². The van der Waals surface area contributed by atoms with Crippen molar-refractivity contribution < 1.29 is 4.74 Å². The fourth-order valence-electron chi connectivity index (χ4n) is 1.95. The molecule has 1 heterocycles. The van der Waals surface area contributed by atoms with Gasteiger partial charge in [0.05, 0.1) is 5.52 Å². The molecule has 4 heteroatoms. The van der Waals surface area contributed by atoms with Crippen LogP contribution in [0.4, 0.5) is 0 Å². The second kappa shape index (κ2) is 5.20. The van der Waals surface area contributed by atoms with E-state index in [1.54, 1.807) is 24.3 Å². The SMILES string of the molecule is N#Cc1cnc2ccccc2c1Oc1cccc(Cl)c1. The number of nitrogens with zero attached hydrogens (tertiary/aromatic N) is 2. The molecule has 0 spiro atoms. The summed E-state index contributed by atoms with van der Waals surface area (Å²) in [6.07, 6.45) is 1.52. The maximum Gasteiger partial charge on any atom is 0.156 e. The minimum Gasteiger partial charge on any atom is -0.455 e. The van der Waals surface area contributed by atoms with Crippen molar-refractivity contribution in [2.45, 2.75) is 0 Å². The van der Waals surface area contributed by atoms with Crippen LogP contribution in [0.1, 0.15) is 5.56 Å². The van der Waals surface area contributed by atoms with Gasteiger partial charge in [-0.1, -0.05) is 29.8 Å². The number of para-hydroxylation sites is 1. The summed E-state index contributed by atoms with van der Waals surface area (Å²) in [5.74, 6) is 1.09. The lowest BCUT2D eigenvalue weighted by Crippen LogP contribution is -1.92. The average Bonchev–Trinajstić information content (AvgIpc) is 2.48. The molecule has 3 rings (SSSR count). The normalized spacial score (nSPS) is 10.2. The number of benzene rings is 2. The summed E-state index contributed by atoms with van der Waals surface area (Å²) in [7, 11) is 0. The molecule has 0 bridgehead atoms. The van der Waals surface area contributed by atoms with E-state index in [4.69, 9.17) is 16.3 Å². The van der Waals surface area contributed by atoms with Crippen LogP contribution in [-0.2, 0) is 0 Å². The first-order valence-corrected chi connectivity index (χ1v) is 6.37. The van der Waals surface area contributed by atoms with Gasteiger partial charge in [0, 0.05) is 16.6 Å². The highest BCUT2D eigenvalue weighted by Crippen LogP contribution is 2.32. The van der Waals surface area contributed by atoms with Crippen LogP contribution in [0.5, 0.6) is 11.5 Å². The highest BCUT2D eigenvalue weighted by molar-refractivity contribution is 6.30. The highest BCUT2D eigenvalue weighted by Gasteiger charge is 2.11. The minimum atomic E-state index is 0.392. The number of ether oxygens (including phenoxy) is 1. The summed E-state index contributed by atoms with van der Waals surface area (Å²) >= 11 is 5.95. The Morgan fingerprint density at radius 1 is 1.10 bits per heavy atom. The van der Waals surface area contributed by atoms with Gasteiger partial charge < -0.3 is 4.74 Å². The van der Waals surface area contributed by atoms with Crippen LogP contribution >= 0.6 is 11.6 Å². The predicted octanol–water partition coefficient (Wildman–Crippen LogP) is 4.55. The van der Waals surface area contributed by atoms with Crippen LogP contribution in [0, 0.1) is 11.3 Å². The lowest BCUT2D eigenvalue weighted by atomic mass is 10.1. The topological polar surface area (TPSA) is 45.9 Å². The summed E-state index contributed by atoms with van der Waals surface area (Å²) in [4.78, 5) is 4.24. The van der Waals surface area contributed by atoms with Crippen molar-refractivity contribution in [1.82, 2.24) is 4.98 Å². The molecule has 2 aromatic carbocycles. The predicted molar refractivity (Wildman–Crippen MR) is 78.0 cm³/mol. The molecule has 96 valence electrons. The smallest absolute Gasteiger partial charge is 0.156 e. The van der Waals surface area contributed by atoms with Crippen molar-refractivity contribution in [2.75, 3.05) is 0 Å². The van der Waals surface area contributed by atoms with Gasteiger partial charge in [-0.2, -0.15) is 5.26 Å². The molecule has 0 amide bonds. The Labute approximate surface area is 121 Å². The van der Waals surface area contributed by atoms with E-state index in [-0.39, 0.29) is 0 Å². The average molecular weight is 281 g/mol. The second-order valence-electron chi connectivity index (χ2n) is 4.19. The van der Waals surface area contributed by atoms with E-state index in [1.807, 2.05) is 24.3 Å². The standard InChI is InChI=1S/C16H9ClN2O/c17-12-4-3-5-13(8-12)20-16-11(9-18)10-19-15-7-2-1-6-14(15)16/h1-8,10H. The Morgan fingerprint density at radius 2 is 1.95 bits per heavy atom. The molecule has 0 N–H and O–H groups in total. The van der Waals surface area contributed by atoms with E-state index in [1.165, 1.54) is 6.20 Å². The zero-order valence-electron chi connectivity index (χ0n) is 10.4. The Bertz CT molecular complexity index is 824. The van der Waals surface area contributed by atoms with Crippen LogP contribution < -0.4 is 4.74 Å². The number of hydrogen-bond donors (Lipinski definition) is 0. The molecule has 3 aromatic rings. The molecule has 0 atom stereocenters. The molecule has 0 fully saturated rings. The molecule has 0 aliphatic rings. The number of fused-ring (bicyclic) bond motifs is 1. The molecule has 0 saturated carbocycles. The third-order valence-electron chi connectivity index (χ3n) is 2.86. The monoisotopic (exact) mass is 280 g/mol. The molecule has 20 heavy (non-hydrogen) atoms. The van der Waals surface area contributed by atoms with Crippen molar-refractivity contribution in [1.29, 1.82) is 5.26 Å². The van der Waals surface area contributed by atoms with Crippen molar-refractivity contribution in [3.05, 3.63) is 65.3 Å². The summed E-state index contributed by atoms with van der Waals surface area (Å²) in [5, 5.41) is 10.6. The number of rotatable bonds is 2. The molecular weight excluding hydrogens is 272 g/mol. The molecule has 0 aliphatic carbocycles. The quantitative estimate of drug-likeness (QED) is 0.691. The first-order chi connectivity index (χ1) is 9.78. The zero-order chi connectivity index (χ0) is 13.9. The molecule has 0 unspecified atom stereocenters. The summed E-state index contributed by atoms with van der Waals surface area (Å²) in [5.41, 5.74) is 1.17. The molecule has 3 nitrogen and oxygen atoms in total. The fourth-order valence-corrected chi connectivity index (χ4v) is 2.13. The maximum atomic E-state index is 9.21. The molecule has 1 aromatic heterocycles. The summed E-state index contributed by atoms with van der Waals surface area (Å²) in [6, 6.07) is 16.7. The van der Waals surface area contributed by atoms with E-state index in [2.05, 4.69) is 11.1 Å². The Hall–Kier alpha value is -2.57. The van der Waals surface area contributed by atoms with Gasteiger partial charge >= 0.3 is 0 Å². The van der Waals surface area contributed by atoms with Crippen molar-refractivity contribution in [3.63, 3.8) is 0 Å². The lowest BCUT2D eigenvalue weighted by molar-refractivity contribution is 0.486. The lowest BCUT2D eigenvalue weighted by Gasteiger charge is -2.10. The van der Waals surface area contributed by atoms with E-state index < -0.39 is 0 Å². The second-order valence-corrected chi connectivity index (χ2v) is 4.63. The zero-order valence-corrected chi connectivity index (χ0v) is 11.1. The van der Waals surface area contributed by atoms with Gasteiger partial charge in [-0.05, 0) is 30.3 Å². The van der Waals surface area contributed by atoms with Gasteiger partial charge in [0.15, 0.2) is 5.75 Å². The van der Waals surface area contributed by atoms with Crippen molar-refractivity contribution in [3.8, 4) is 17.6 Å². The first-order valence-electron chi connectivity index (χ1n) is 5.99. The van der Waals surface area contributed by atoms with Crippen LogP contribution in [-0.4, -0.2) is 4.98 Å². The van der Waals surface area contributed by atoms with Gasteiger partial charge in [0.2, 0.25) is 0 Å². The number of pyridine rings is 1. The van der Waals surface area contributed by atoms with Crippen LogP contribution in [0.3, 0.4) is 0 Å². The van der Waals surface area contributed by atoms with E-state index >= 15 is 0 Å². The van der Waals surface area contributed by atoms with Gasteiger partial charge in [-0.3, -0.25) is 4.98 Å². The number of nitriles is 1. The third-order valence-corrected chi connectivity index (χ3v) is 3.10. The van der Waals surface area contributed by atoms with E-state index in [9.17, 15) is 5.26 Å². The van der Waals surface area contributed by atoms with Crippen molar-refractivity contribution in [2.24, 2.45) is 0 Å². The first kappa shape index (κ1) is 12.5. The largest absolute Gasteiger partial charge is 0.455 e. The van der Waals surface area contributed by atoms with E-state index in [0.717, 1.165) is 10.9 Å². The molecular formula is C16H9ClN2O. The van der Waals surface area contributed by atoms with Gasteiger partial charge in [-0.25, -0.2) is 0 Å². The maximum absolute atomic E-state index is 9.21. The summed E-state index contributed by atoms with van der Waals surface area (Å²) < 4.78 is 5.85. The number of aromatic nitrogens is 1. The number of halogens is 1. The third kappa shape index (κ3) is 2.29. The van der Waals surface area contributed by atoms with Crippen LogP contribution in [0.2, 0.25) is 5.02 Å². The van der Waals surface area contributed by atoms with Crippen LogP contribution in [0.15, 0.2) is 54.7 Å². The Kier molecular flexibility index (Phi) is 3.24. The Balaban J connectivity index is 2.17. The fraction of sp³-hybridized carbons (Fsp3) is 0. The van der Waals surface area contributed by atoms with E-state index in [0.29, 0.717) is 22.1 Å².